The third-order valence-electron chi connectivity index (χ3n) is 5.55. The second kappa shape index (κ2) is 10.1. The predicted molar refractivity (Wildman–Crippen MR) is 120 cm³/mol. The molecule has 0 saturated carbocycles. The van der Waals surface area contributed by atoms with E-state index in [4.69, 9.17) is 4.98 Å². The first-order valence-electron chi connectivity index (χ1n) is 10.6. The standard InChI is InChI=1S/C24H30N4O2/c1-4-18(5-2)24(30)25-16-15-22-26-20-13-9-10-14-21(20)28(22)17-23(29)27(3)19-11-7-6-8-12-19/h6-14,18H,4-5,15-17H2,1-3H3,(H,25,30). The highest BCUT2D eigenvalue weighted by Crippen LogP contribution is 2.18. The summed E-state index contributed by atoms with van der Waals surface area (Å²) in [5.74, 6) is 0.912. The number of carbonyl (C=O) groups is 2. The van der Waals surface area contributed by atoms with E-state index in [0.29, 0.717) is 13.0 Å². The highest BCUT2D eigenvalue weighted by atomic mass is 16.2. The number of nitrogens with zero attached hydrogens (tertiary/aromatic N) is 3. The van der Waals surface area contributed by atoms with Gasteiger partial charge in [-0.3, -0.25) is 9.59 Å². The maximum Gasteiger partial charge on any atom is 0.246 e. The fourth-order valence-corrected chi connectivity index (χ4v) is 3.63. The van der Waals surface area contributed by atoms with Gasteiger partial charge in [-0.2, -0.15) is 0 Å². The summed E-state index contributed by atoms with van der Waals surface area (Å²) in [6, 6.07) is 17.4. The van der Waals surface area contributed by atoms with Crippen molar-refractivity contribution in [2.24, 2.45) is 5.92 Å². The first-order valence-corrected chi connectivity index (χ1v) is 10.6. The second-order valence-electron chi connectivity index (χ2n) is 7.45. The monoisotopic (exact) mass is 406 g/mol. The number of rotatable bonds is 9. The van der Waals surface area contributed by atoms with Crippen molar-refractivity contribution in [1.29, 1.82) is 0 Å². The van der Waals surface area contributed by atoms with Crippen molar-refractivity contribution >= 4 is 28.5 Å². The minimum atomic E-state index is -0.0216. The number of para-hydroxylation sites is 3. The fraction of sp³-hybridized carbons (Fsp3) is 0.375. The van der Waals surface area contributed by atoms with Crippen molar-refractivity contribution in [2.45, 2.75) is 39.7 Å². The van der Waals surface area contributed by atoms with Gasteiger partial charge in [0.05, 0.1) is 11.0 Å². The van der Waals surface area contributed by atoms with E-state index in [1.54, 1.807) is 11.9 Å². The molecule has 0 aliphatic heterocycles. The van der Waals surface area contributed by atoms with Crippen molar-refractivity contribution < 1.29 is 9.59 Å². The van der Waals surface area contributed by atoms with E-state index in [1.807, 2.05) is 73.0 Å². The van der Waals surface area contributed by atoms with Crippen LogP contribution in [0.25, 0.3) is 11.0 Å². The Labute approximate surface area is 177 Å². The lowest BCUT2D eigenvalue weighted by Gasteiger charge is -2.19. The van der Waals surface area contributed by atoms with Crippen LogP contribution in [0.5, 0.6) is 0 Å². The predicted octanol–water partition coefficient (Wildman–Crippen LogP) is 3.79. The molecule has 3 aromatic rings. The van der Waals surface area contributed by atoms with Gasteiger partial charge in [0.1, 0.15) is 12.4 Å². The Morgan fingerprint density at radius 2 is 1.70 bits per heavy atom. The van der Waals surface area contributed by atoms with Gasteiger partial charge in [0.2, 0.25) is 11.8 Å². The third-order valence-corrected chi connectivity index (χ3v) is 5.55. The third kappa shape index (κ3) is 4.87. The van der Waals surface area contributed by atoms with Crippen LogP contribution in [-0.4, -0.2) is 35.0 Å². The van der Waals surface area contributed by atoms with Gasteiger partial charge in [-0.05, 0) is 37.1 Å². The average Bonchev–Trinajstić information content (AvgIpc) is 3.12. The van der Waals surface area contributed by atoms with Crippen molar-refractivity contribution in [3.8, 4) is 0 Å². The quantitative estimate of drug-likeness (QED) is 0.588. The zero-order valence-corrected chi connectivity index (χ0v) is 18.0. The molecule has 0 bridgehead atoms. The normalized spacial score (nSPS) is 11.1. The summed E-state index contributed by atoms with van der Waals surface area (Å²) in [4.78, 5) is 31.6. The largest absolute Gasteiger partial charge is 0.355 e. The summed E-state index contributed by atoms with van der Waals surface area (Å²) >= 11 is 0. The number of hydrogen-bond acceptors (Lipinski definition) is 3. The van der Waals surface area contributed by atoms with Crippen molar-refractivity contribution in [1.82, 2.24) is 14.9 Å². The molecule has 0 aliphatic rings. The number of benzene rings is 2. The Hall–Kier alpha value is -3.15. The summed E-state index contributed by atoms with van der Waals surface area (Å²) in [5, 5.41) is 3.02. The number of amides is 2. The number of anilines is 1. The van der Waals surface area contributed by atoms with Gasteiger partial charge in [0, 0.05) is 31.6 Å². The number of nitrogens with one attached hydrogen (secondary N) is 1. The lowest BCUT2D eigenvalue weighted by atomic mass is 10.0. The minimum Gasteiger partial charge on any atom is -0.355 e. The molecule has 158 valence electrons. The Balaban J connectivity index is 1.76. The first-order chi connectivity index (χ1) is 14.5. The van der Waals surface area contributed by atoms with Crippen LogP contribution in [0.4, 0.5) is 5.69 Å². The molecule has 0 saturated heterocycles. The number of imidazole rings is 1. The summed E-state index contributed by atoms with van der Waals surface area (Å²) < 4.78 is 1.96. The Morgan fingerprint density at radius 1 is 1.03 bits per heavy atom. The van der Waals surface area contributed by atoms with Crippen LogP contribution < -0.4 is 10.2 Å². The summed E-state index contributed by atoms with van der Waals surface area (Å²) in [6.45, 7) is 4.76. The smallest absolute Gasteiger partial charge is 0.246 e. The summed E-state index contributed by atoms with van der Waals surface area (Å²) in [6.07, 6.45) is 2.24. The van der Waals surface area contributed by atoms with Crippen LogP contribution in [0.3, 0.4) is 0 Å². The van der Waals surface area contributed by atoms with Crippen LogP contribution in [0.2, 0.25) is 0 Å². The molecule has 2 aromatic carbocycles. The van der Waals surface area contributed by atoms with Gasteiger partial charge in [-0.25, -0.2) is 4.98 Å². The van der Waals surface area contributed by atoms with Crippen LogP contribution in [-0.2, 0) is 22.6 Å². The molecular formula is C24H30N4O2. The molecule has 6 heteroatoms. The van der Waals surface area contributed by atoms with E-state index in [9.17, 15) is 9.59 Å². The molecule has 0 spiro atoms. The molecule has 1 heterocycles. The van der Waals surface area contributed by atoms with Crippen LogP contribution >= 0.6 is 0 Å². The zero-order valence-electron chi connectivity index (χ0n) is 18.0. The van der Waals surface area contributed by atoms with E-state index in [-0.39, 0.29) is 24.3 Å². The topological polar surface area (TPSA) is 67.2 Å². The van der Waals surface area contributed by atoms with E-state index in [2.05, 4.69) is 5.32 Å². The number of likely N-dealkylation sites (N-methyl/N-ethyl adjacent to an activating group) is 1. The Kier molecular flexibility index (Phi) is 7.22. The second-order valence-corrected chi connectivity index (χ2v) is 7.45. The lowest BCUT2D eigenvalue weighted by molar-refractivity contribution is -0.125. The highest BCUT2D eigenvalue weighted by Gasteiger charge is 2.18. The minimum absolute atomic E-state index is 0.0216. The van der Waals surface area contributed by atoms with Gasteiger partial charge < -0.3 is 14.8 Å². The van der Waals surface area contributed by atoms with Crippen molar-refractivity contribution in [3.05, 3.63) is 60.4 Å². The van der Waals surface area contributed by atoms with Gasteiger partial charge in [-0.15, -0.1) is 0 Å². The van der Waals surface area contributed by atoms with Gasteiger partial charge in [0.25, 0.3) is 0 Å². The molecule has 6 nitrogen and oxygen atoms in total. The molecule has 3 rings (SSSR count). The number of hydrogen-bond donors (Lipinski definition) is 1. The number of aromatic nitrogens is 2. The molecule has 30 heavy (non-hydrogen) atoms. The van der Waals surface area contributed by atoms with Crippen LogP contribution in [0, 0.1) is 5.92 Å². The molecular weight excluding hydrogens is 376 g/mol. The summed E-state index contributed by atoms with van der Waals surface area (Å²) in [5.41, 5.74) is 2.63. The molecule has 1 aromatic heterocycles. The zero-order chi connectivity index (χ0) is 21.5. The first kappa shape index (κ1) is 21.6. The van der Waals surface area contributed by atoms with Crippen LogP contribution in [0.15, 0.2) is 54.6 Å². The number of carbonyl (C=O) groups excluding carboxylic acids is 2. The molecule has 0 fully saturated rings. The maximum atomic E-state index is 13.0. The number of fused-ring (bicyclic) bond motifs is 1. The molecule has 1 N–H and O–H groups in total. The van der Waals surface area contributed by atoms with Crippen molar-refractivity contribution in [2.75, 3.05) is 18.5 Å². The maximum absolute atomic E-state index is 13.0. The van der Waals surface area contributed by atoms with Gasteiger partial charge in [-0.1, -0.05) is 44.2 Å². The molecule has 0 aliphatic carbocycles. The fourth-order valence-electron chi connectivity index (χ4n) is 3.63. The Morgan fingerprint density at radius 3 is 2.40 bits per heavy atom. The Bertz CT molecular complexity index is 993. The van der Waals surface area contributed by atoms with E-state index in [0.717, 1.165) is 35.4 Å². The summed E-state index contributed by atoms with van der Waals surface area (Å²) in [7, 11) is 1.78. The lowest BCUT2D eigenvalue weighted by Crippen LogP contribution is -2.33. The molecule has 2 amide bonds. The molecule has 0 unspecified atom stereocenters. The van der Waals surface area contributed by atoms with E-state index < -0.39 is 0 Å². The SMILES string of the molecule is CCC(CC)C(=O)NCCc1nc2ccccc2n1CC(=O)N(C)c1ccccc1. The average molecular weight is 407 g/mol. The van der Waals surface area contributed by atoms with E-state index in [1.165, 1.54) is 0 Å². The van der Waals surface area contributed by atoms with Gasteiger partial charge in [0.15, 0.2) is 0 Å². The van der Waals surface area contributed by atoms with Crippen LogP contribution in [0.1, 0.15) is 32.5 Å². The highest BCUT2D eigenvalue weighted by molar-refractivity contribution is 5.93. The molecule has 0 atom stereocenters. The van der Waals surface area contributed by atoms with Crippen molar-refractivity contribution in [3.63, 3.8) is 0 Å². The van der Waals surface area contributed by atoms with Gasteiger partial charge >= 0.3 is 0 Å². The van der Waals surface area contributed by atoms with E-state index >= 15 is 0 Å². The molecule has 0 radical (unpaired) electrons.